The van der Waals surface area contributed by atoms with Crippen LogP contribution in [-0.2, 0) is 0 Å². The topological polar surface area (TPSA) is 35.8 Å². The van der Waals surface area contributed by atoms with Crippen molar-refractivity contribution in [2.24, 2.45) is 0 Å². The molecule has 0 heterocycles. The molecule has 2 aromatic carbocycles. The highest BCUT2D eigenvalue weighted by Crippen LogP contribution is 2.24. The molecule has 2 rings (SSSR count). The Labute approximate surface area is 107 Å². The summed E-state index contributed by atoms with van der Waals surface area (Å²) in [5, 5.41) is 11.3. The van der Waals surface area contributed by atoms with Gasteiger partial charge in [-0.1, -0.05) is 11.6 Å². The molecule has 90 valence electrons. The number of hydrogen-bond donors (Lipinski definition) is 1. The fourth-order valence-corrected chi connectivity index (χ4v) is 1.53. The van der Waals surface area contributed by atoms with Crippen LogP contribution in [0.25, 0.3) is 0 Å². The zero-order valence-electron chi connectivity index (χ0n) is 9.05. The van der Waals surface area contributed by atoms with E-state index in [4.69, 9.17) is 16.9 Å². The molecule has 0 amide bonds. The van der Waals surface area contributed by atoms with Gasteiger partial charge in [-0.15, -0.1) is 0 Å². The lowest BCUT2D eigenvalue weighted by Gasteiger charge is -2.08. The quantitative estimate of drug-likeness (QED) is 0.881. The van der Waals surface area contributed by atoms with Gasteiger partial charge in [-0.25, -0.2) is 8.78 Å². The molecule has 1 N–H and O–H groups in total. The molecule has 0 radical (unpaired) electrons. The van der Waals surface area contributed by atoms with Gasteiger partial charge < -0.3 is 5.32 Å². The van der Waals surface area contributed by atoms with Crippen LogP contribution in [0.2, 0.25) is 5.02 Å². The van der Waals surface area contributed by atoms with Crippen molar-refractivity contribution in [2.45, 2.75) is 0 Å². The highest BCUT2D eigenvalue weighted by Gasteiger charge is 2.06. The Kier molecular flexibility index (Phi) is 3.45. The Balaban J connectivity index is 2.29. The predicted octanol–water partition coefficient (Wildman–Crippen LogP) is 4.23. The molecule has 0 atom stereocenters. The van der Waals surface area contributed by atoms with E-state index in [0.29, 0.717) is 5.69 Å². The number of rotatable bonds is 2. The van der Waals surface area contributed by atoms with E-state index in [9.17, 15) is 8.78 Å². The van der Waals surface area contributed by atoms with Crippen molar-refractivity contribution in [1.29, 1.82) is 5.26 Å². The van der Waals surface area contributed by atoms with E-state index in [1.165, 1.54) is 30.3 Å². The van der Waals surface area contributed by atoms with Crippen LogP contribution >= 0.6 is 11.6 Å². The zero-order chi connectivity index (χ0) is 13.1. The van der Waals surface area contributed by atoms with Crippen LogP contribution in [0.5, 0.6) is 0 Å². The molecule has 0 saturated carbocycles. The lowest BCUT2D eigenvalue weighted by Crippen LogP contribution is -1.95. The minimum atomic E-state index is -0.587. The third kappa shape index (κ3) is 2.58. The first-order valence-corrected chi connectivity index (χ1v) is 5.39. The Morgan fingerprint density at radius 3 is 2.44 bits per heavy atom. The van der Waals surface area contributed by atoms with Gasteiger partial charge in [-0.2, -0.15) is 5.26 Å². The van der Waals surface area contributed by atoms with Crippen molar-refractivity contribution in [2.75, 3.05) is 5.32 Å². The van der Waals surface area contributed by atoms with Crippen LogP contribution in [0.3, 0.4) is 0 Å². The van der Waals surface area contributed by atoms with E-state index < -0.39 is 11.6 Å². The molecule has 0 aliphatic heterocycles. The summed E-state index contributed by atoms with van der Waals surface area (Å²) in [6, 6.07) is 9.90. The zero-order valence-corrected chi connectivity index (χ0v) is 9.80. The van der Waals surface area contributed by atoms with Crippen molar-refractivity contribution in [3.05, 3.63) is 58.6 Å². The van der Waals surface area contributed by atoms with Crippen molar-refractivity contribution >= 4 is 23.0 Å². The first kappa shape index (κ1) is 12.3. The van der Waals surface area contributed by atoms with Crippen LogP contribution in [0, 0.1) is 23.0 Å². The van der Waals surface area contributed by atoms with E-state index in [1.54, 1.807) is 0 Å². The van der Waals surface area contributed by atoms with Crippen molar-refractivity contribution in [1.82, 2.24) is 0 Å². The number of anilines is 2. The van der Waals surface area contributed by atoms with E-state index in [1.807, 2.05) is 6.07 Å². The van der Waals surface area contributed by atoms with E-state index >= 15 is 0 Å². The van der Waals surface area contributed by atoms with Crippen molar-refractivity contribution in [3.63, 3.8) is 0 Å². The fraction of sp³-hybridized carbons (Fsp3) is 0. The fourth-order valence-electron chi connectivity index (χ4n) is 1.42. The molecular formula is C13H7ClF2N2. The standard InChI is InChI=1S/C13H7ClF2N2/c14-10-3-2-9(6-11(10)15)18-13-4-1-8(7-17)5-12(13)16/h1-6,18H. The van der Waals surface area contributed by atoms with Gasteiger partial charge in [0.05, 0.1) is 22.3 Å². The minimum absolute atomic E-state index is 0.000787. The van der Waals surface area contributed by atoms with Gasteiger partial charge in [-0.3, -0.25) is 0 Å². The van der Waals surface area contributed by atoms with Crippen LogP contribution in [-0.4, -0.2) is 0 Å². The Morgan fingerprint density at radius 1 is 1.06 bits per heavy atom. The third-order valence-corrected chi connectivity index (χ3v) is 2.60. The lowest BCUT2D eigenvalue weighted by atomic mass is 10.2. The van der Waals surface area contributed by atoms with Crippen LogP contribution in [0.4, 0.5) is 20.2 Å². The van der Waals surface area contributed by atoms with E-state index in [-0.39, 0.29) is 16.3 Å². The highest BCUT2D eigenvalue weighted by atomic mass is 35.5. The molecule has 18 heavy (non-hydrogen) atoms. The van der Waals surface area contributed by atoms with E-state index in [2.05, 4.69) is 5.32 Å². The maximum atomic E-state index is 13.6. The number of nitrogens with one attached hydrogen (secondary N) is 1. The highest BCUT2D eigenvalue weighted by molar-refractivity contribution is 6.30. The number of benzene rings is 2. The second-order valence-electron chi connectivity index (χ2n) is 3.56. The summed E-state index contributed by atoms with van der Waals surface area (Å²) in [6.45, 7) is 0. The lowest BCUT2D eigenvalue weighted by molar-refractivity contribution is 0.627. The van der Waals surface area contributed by atoms with Gasteiger partial charge >= 0.3 is 0 Å². The summed E-state index contributed by atoms with van der Waals surface area (Å²) in [6.07, 6.45) is 0. The first-order valence-electron chi connectivity index (χ1n) is 5.02. The van der Waals surface area contributed by atoms with Crippen LogP contribution in [0.1, 0.15) is 5.56 Å². The summed E-state index contributed by atoms with van der Waals surface area (Å²) in [5.41, 5.74) is 0.761. The molecule has 0 bridgehead atoms. The number of hydrogen-bond acceptors (Lipinski definition) is 2. The van der Waals surface area contributed by atoms with Crippen molar-refractivity contribution in [3.8, 4) is 6.07 Å². The molecule has 0 fully saturated rings. The SMILES string of the molecule is N#Cc1ccc(Nc2ccc(Cl)c(F)c2)c(F)c1. The number of nitrogens with zero attached hydrogens (tertiary/aromatic N) is 1. The molecule has 0 saturated heterocycles. The molecule has 5 heteroatoms. The summed E-state index contributed by atoms with van der Waals surface area (Å²) in [7, 11) is 0. The first-order chi connectivity index (χ1) is 8.60. The second-order valence-corrected chi connectivity index (χ2v) is 3.97. The Hall–Kier alpha value is -2.12. The molecule has 2 aromatic rings. The summed E-state index contributed by atoms with van der Waals surface area (Å²) < 4.78 is 26.8. The summed E-state index contributed by atoms with van der Waals surface area (Å²) >= 11 is 5.54. The van der Waals surface area contributed by atoms with E-state index in [0.717, 1.165) is 6.07 Å². The van der Waals surface area contributed by atoms with Crippen LogP contribution < -0.4 is 5.32 Å². The molecule has 0 unspecified atom stereocenters. The van der Waals surface area contributed by atoms with Gasteiger partial charge in [0.25, 0.3) is 0 Å². The molecule has 2 nitrogen and oxygen atoms in total. The van der Waals surface area contributed by atoms with Crippen LogP contribution in [0.15, 0.2) is 36.4 Å². The average molecular weight is 265 g/mol. The second kappa shape index (κ2) is 5.03. The molecular weight excluding hydrogens is 258 g/mol. The maximum absolute atomic E-state index is 13.6. The maximum Gasteiger partial charge on any atom is 0.147 e. The predicted molar refractivity (Wildman–Crippen MR) is 65.8 cm³/mol. The largest absolute Gasteiger partial charge is 0.353 e. The summed E-state index contributed by atoms with van der Waals surface area (Å²) in [4.78, 5) is 0. The van der Waals surface area contributed by atoms with Crippen molar-refractivity contribution < 1.29 is 8.78 Å². The van der Waals surface area contributed by atoms with Gasteiger partial charge in [0.1, 0.15) is 11.6 Å². The Bertz CT molecular complexity index is 635. The average Bonchev–Trinajstić information content (AvgIpc) is 2.36. The molecule has 0 aromatic heterocycles. The number of halogens is 3. The normalized spacial score (nSPS) is 9.89. The molecule has 0 spiro atoms. The monoisotopic (exact) mass is 264 g/mol. The minimum Gasteiger partial charge on any atom is -0.353 e. The summed E-state index contributed by atoms with van der Waals surface area (Å²) in [5.74, 6) is -1.17. The van der Waals surface area contributed by atoms with Gasteiger partial charge in [-0.05, 0) is 36.4 Å². The Morgan fingerprint density at radius 2 is 1.83 bits per heavy atom. The number of nitriles is 1. The molecule has 0 aliphatic rings. The van der Waals surface area contributed by atoms with Gasteiger partial charge in [0, 0.05) is 5.69 Å². The van der Waals surface area contributed by atoms with Gasteiger partial charge in [0.15, 0.2) is 0 Å². The third-order valence-electron chi connectivity index (χ3n) is 2.30. The van der Waals surface area contributed by atoms with Gasteiger partial charge in [0.2, 0.25) is 0 Å². The smallest absolute Gasteiger partial charge is 0.147 e. The molecule has 0 aliphatic carbocycles.